The Morgan fingerprint density at radius 1 is 0.840 bits per heavy atom. The molecule has 3 nitrogen and oxygen atoms in total. The van der Waals surface area contributed by atoms with Gasteiger partial charge in [-0.2, -0.15) is 0 Å². The third-order valence-corrected chi connectivity index (χ3v) is 3.92. The van der Waals surface area contributed by atoms with Gasteiger partial charge in [0, 0.05) is 11.3 Å². The molecule has 3 heteroatoms. The Balaban J connectivity index is 1.80. The van der Waals surface area contributed by atoms with Crippen LogP contribution >= 0.6 is 0 Å². The van der Waals surface area contributed by atoms with Crippen LogP contribution in [-0.4, -0.2) is 13.0 Å². The molecule has 0 radical (unpaired) electrons. The van der Waals surface area contributed by atoms with E-state index >= 15 is 0 Å². The van der Waals surface area contributed by atoms with Crippen molar-refractivity contribution in [3.63, 3.8) is 0 Å². The van der Waals surface area contributed by atoms with E-state index in [0.29, 0.717) is 11.3 Å². The van der Waals surface area contributed by atoms with Crippen molar-refractivity contribution >= 4 is 17.2 Å². The zero-order chi connectivity index (χ0) is 17.6. The molecule has 3 aromatic carbocycles. The number of methoxy groups -OCH3 is 1. The first-order chi connectivity index (χ1) is 12.2. The third kappa shape index (κ3) is 3.96. The van der Waals surface area contributed by atoms with Gasteiger partial charge in [0.1, 0.15) is 5.75 Å². The van der Waals surface area contributed by atoms with Crippen LogP contribution in [-0.2, 0) is 0 Å². The van der Waals surface area contributed by atoms with E-state index in [0.717, 1.165) is 22.4 Å². The predicted molar refractivity (Wildman–Crippen MR) is 102 cm³/mol. The van der Waals surface area contributed by atoms with Gasteiger partial charge in [-0.05, 0) is 47.0 Å². The van der Waals surface area contributed by atoms with Gasteiger partial charge >= 0.3 is 0 Å². The second-order valence-corrected chi connectivity index (χ2v) is 5.61. The summed E-state index contributed by atoms with van der Waals surface area (Å²) in [6.07, 6.45) is 0. The van der Waals surface area contributed by atoms with Crippen LogP contribution in [0.1, 0.15) is 21.5 Å². The summed E-state index contributed by atoms with van der Waals surface area (Å²) in [4.78, 5) is 12.4. The second kappa shape index (κ2) is 7.49. The first kappa shape index (κ1) is 16.5. The summed E-state index contributed by atoms with van der Waals surface area (Å²) < 4.78 is 5.16. The average molecular weight is 329 g/mol. The van der Waals surface area contributed by atoms with Gasteiger partial charge in [0.2, 0.25) is 0 Å². The van der Waals surface area contributed by atoms with Crippen molar-refractivity contribution in [1.82, 2.24) is 0 Å². The fraction of sp³-hybridized carbons (Fsp3) is 0.0455. The van der Waals surface area contributed by atoms with E-state index in [1.54, 1.807) is 31.4 Å². The summed E-state index contributed by atoms with van der Waals surface area (Å²) in [5, 5.41) is 2.92. The number of anilines is 1. The van der Waals surface area contributed by atoms with Gasteiger partial charge in [-0.25, -0.2) is 0 Å². The number of ether oxygens (including phenoxy) is 1. The van der Waals surface area contributed by atoms with Crippen molar-refractivity contribution in [2.75, 3.05) is 12.4 Å². The van der Waals surface area contributed by atoms with Gasteiger partial charge in [-0.1, -0.05) is 55.1 Å². The van der Waals surface area contributed by atoms with Crippen LogP contribution < -0.4 is 10.1 Å². The van der Waals surface area contributed by atoms with Gasteiger partial charge in [0.25, 0.3) is 5.91 Å². The Morgan fingerprint density at radius 3 is 2.28 bits per heavy atom. The molecule has 0 aliphatic carbocycles. The molecule has 0 spiro atoms. The largest absolute Gasteiger partial charge is 0.497 e. The van der Waals surface area contributed by atoms with Crippen LogP contribution in [0.4, 0.5) is 5.69 Å². The lowest BCUT2D eigenvalue weighted by molar-refractivity contribution is 0.102. The normalized spacial score (nSPS) is 10.1. The van der Waals surface area contributed by atoms with E-state index in [-0.39, 0.29) is 5.91 Å². The molecule has 0 saturated carbocycles. The van der Waals surface area contributed by atoms with Crippen LogP contribution in [0.25, 0.3) is 5.57 Å². The van der Waals surface area contributed by atoms with Crippen molar-refractivity contribution in [1.29, 1.82) is 0 Å². The lowest BCUT2D eigenvalue weighted by atomic mass is 9.99. The first-order valence-electron chi connectivity index (χ1n) is 7.97. The highest BCUT2D eigenvalue weighted by molar-refractivity contribution is 6.04. The van der Waals surface area contributed by atoms with E-state index in [4.69, 9.17) is 4.74 Å². The molecule has 3 aromatic rings. The number of rotatable bonds is 5. The Labute approximate surface area is 147 Å². The molecular formula is C22H19NO2. The number of carbonyl (C=O) groups excluding carboxylic acids is 1. The topological polar surface area (TPSA) is 38.3 Å². The summed E-state index contributed by atoms with van der Waals surface area (Å²) >= 11 is 0. The zero-order valence-corrected chi connectivity index (χ0v) is 14.0. The fourth-order valence-electron chi connectivity index (χ4n) is 2.56. The maximum Gasteiger partial charge on any atom is 0.255 e. The molecular weight excluding hydrogens is 310 g/mol. The molecule has 0 bridgehead atoms. The maximum absolute atomic E-state index is 12.4. The van der Waals surface area contributed by atoms with Crippen molar-refractivity contribution in [2.24, 2.45) is 0 Å². The van der Waals surface area contributed by atoms with Crippen LogP contribution in [0.5, 0.6) is 5.75 Å². The molecule has 0 unspecified atom stereocenters. The minimum absolute atomic E-state index is 0.179. The molecule has 0 aliphatic rings. The van der Waals surface area contributed by atoms with Crippen molar-refractivity contribution in [2.45, 2.75) is 0 Å². The highest BCUT2D eigenvalue weighted by Gasteiger charge is 2.08. The standard InChI is InChI=1S/C22H19NO2/c1-16(17-8-4-3-5-9-17)18-10-6-12-20(14-18)23-22(24)19-11-7-13-21(15-19)25-2/h3-15H,1H2,2H3,(H,23,24). The minimum Gasteiger partial charge on any atom is -0.497 e. The molecule has 0 atom stereocenters. The summed E-state index contributed by atoms with van der Waals surface area (Å²) in [5.74, 6) is 0.472. The van der Waals surface area contributed by atoms with Gasteiger partial charge in [0.15, 0.2) is 0 Å². The van der Waals surface area contributed by atoms with Crippen LogP contribution in [0.3, 0.4) is 0 Å². The highest BCUT2D eigenvalue weighted by atomic mass is 16.5. The quantitative estimate of drug-likeness (QED) is 0.714. The summed E-state index contributed by atoms with van der Waals surface area (Å²) in [6, 6.07) is 24.7. The molecule has 1 amide bonds. The monoisotopic (exact) mass is 329 g/mol. The van der Waals surface area contributed by atoms with Gasteiger partial charge in [0.05, 0.1) is 7.11 Å². The number of hydrogen-bond acceptors (Lipinski definition) is 2. The van der Waals surface area contributed by atoms with E-state index in [1.165, 1.54) is 0 Å². The lowest BCUT2D eigenvalue weighted by Crippen LogP contribution is -2.12. The number of nitrogens with one attached hydrogen (secondary N) is 1. The molecule has 1 N–H and O–H groups in total. The van der Waals surface area contributed by atoms with Crippen LogP contribution in [0.2, 0.25) is 0 Å². The Hall–Kier alpha value is -3.33. The predicted octanol–water partition coefficient (Wildman–Crippen LogP) is 5.01. The Morgan fingerprint density at radius 2 is 1.52 bits per heavy atom. The average Bonchev–Trinajstić information content (AvgIpc) is 2.68. The molecule has 0 aromatic heterocycles. The van der Waals surface area contributed by atoms with Gasteiger partial charge < -0.3 is 10.1 Å². The smallest absolute Gasteiger partial charge is 0.255 e. The summed E-state index contributed by atoms with van der Waals surface area (Å²) in [6.45, 7) is 4.17. The zero-order valence-electron chi connectivity index (χ0n) is 14.0. The van der Waals surface area contributed by atoms with Crippen molar-refractivity contribution in [3.05, 3.63) is 102 Å². The number of carbonyl (C=O) groups is 1. The summed E-state index contributed by atoms with van der Waals surface area (Å²) in [7, 11) is 1.58. The molecule has 25 heavy (non-hydrogen) atoms. The molecule has 0 fully saturated rings. The van der Waals surface area contributed by atoms with E-state index in [1.807, 2.05) is 54.6 Å². The number of amides is 1. The van der Waals surface area contributed by atoms with E-state index in [9.17, 15) is 4.79 Å². The number of benzene rings is 3. The van der Waals surface area contributed by atoms with E-state index in [2.05, 4.69) is 11.9 Å². The fourth-order valence-corrected chi connectivity index (χ4v) is 2.56. The van der Waals surface area contributed by atoms with Crippen LogP contribution in [0.15, 0.2) is 85.4 Å². The van der Waals surface area contributed by atoms with Crippen molar-refractivity contribution in [3.8, 4) is 5.75 Å². The SMILES string of the molecule is C=C(c1ccccc1)c1cccc(NC(=O)c2cccc(OC)c2)c1. The second-order valence-electron chi connectivity index (χ2n) is 5.61. The summed E-state index contributed by atoms with van der Waals surface area (Å²) in [5.41, 5.74) is 4.21. The van der Waals surface area contributed by atoms with Gasteiger partial charge in [-0.15, -0.1) is 0 Å². The maximum atomic E-state index is 12.4. The van der Waals surface area contributed by atoms with Crippen molar-refractivity contribution < 1.29 is 9.53 Å². The van der Waals surface area contributed by atoms with Crippen LogP contribution in [0, 0.1) is 0 Å². The molecule has 0 saturated heterocycles. The lowest BCUT2D eigenvalue weighted by Gasteiger charge is -2.10. The van der Waals surface area contributed by atoms with E-state index < -0.39 is 0 Å². The minimum atomic E-state index is -0.179. The Bertz CT molecular complexity index is 901. The molecule has 0 heterocycles. The molecule has 3 rings (SSSR count). The first-order valence-corrected chi connectivity index (χ1v) is 7.97. The molecule has 124 valence electrons. The number of hydrogen-bond donors (Lipinski definition) is 1. The third-order valence-electron chi connectivity index (χ3n) is 3.92. The Kier molecular flexibility index (Phi) is 4.95. The van der Waals surface area contributed by atoms with Gasteiger partial charge in [-0.3, -0.25) is 4.79 Å². The molecule has 0 aliphatic heterocycles. The highest BCUT2D eigenvalue weighted by Crippen LogP contribution is 2.24.